The normalized spacial score (nSPS) is 10.3. The van der Waals surface area contributed by atoms with Crippen LogP contribution in [-0.4, -0.2) is 5.91 Å². The maximum atomic E-state index is 13.6. The Bertz CT molecular complexity index is 606. The number of para-hydroxylation sites is 1. The number of rotatable bonds is 2. The highest BCUT2D eigenvalue weighted by Crippen LogP contribution is 2.24. The minimum atomic E-state index is -0.567. The van der Waals surface area contributed by atoms with E-state index in [1.54, 1.807) is 18.2 Å². The number of benzene rings is 2. The third-order valence-electron chi connectivity index (χ3n) is 2.41. The average molecular weight is 388 g/mol. The molecule has 2 rings (SSSR count). The Kier molecular flexibility index (Phi) is 4.21. The molecule has 0 aromatic heterocycles. The van der Waals surface area contributed by atoms with Crippen LogP contribution >= 0.6 is 31.9 Å². The van der Waals surface area contributed by atoms with Crippen molar-refractivity contribution in [2.24, 2.45) is 0 Å². The Morgan fingerprint density at radius 3 is 2.37 bits per heavy atom. The van der Waals surface area contributed by atoms with Gasteiger partial charge in [-0.25, -0.2) is 4.39 Å². The lowest BCUT2D eigenvalue weighted by Crippen LogP contribution is -2.14. The van der Waals surface area contributed by atoms with E-state index in [-0.39, 0.29) is 11.4 Å². The highest BCUT2D eigenvalue weighted by Gasteiger charge is 2.12. The zero-order valence-corrected chi connectivity index (χ0v) is 12.8. The van der Waals surface area contributed by atoms with Crippen molar-refractivity contribution in [2.75, 3.05) is 11.1 Å². The summed E-state index contributed by atoms with van der Waals surface area (Å²) >= 11 is 6.57. The van der Waals surface area contributed by atoms with Gasteiger partial charge in [0.25, 0.3) is 5.91 Å². The molecule has 0 radical (unpaired) electrons. The number of amides is 1. The van der Waals surface area contributed by atoms with Crippen LogP contribution in [0.4, 0.5) is 15.8 Å². The van der Waals surface area contributed by atoms with E-state index >= 15 is 0 Å². The molecule has 0 bridgehead atoms. The first-order chi connectivity index (χ1) is 8.97. The summed E-state index contributed by atoms with van der Waals surface area (Å²) in [5, 5.41) is 2.47. The average Bonchev–Trinajstić information content (AvgIpc) is 2.32. The standard InChI is InChI=1S/C13H9Br2FN2O/c14-8-4-7(5-9(15)6-8)13(19)18-12-10(16)2-1-3-11(12)17/h1-6H,17H2,(H,18,19). The van der Waals surface area contributed by atoms with Crippen LogP contribution in [0.25, 0.3) is 0 Å². The second kappa shape index (κ2) is 5.71. The largest absolute Gasteiger partial charge is 0.397 e. The molecular weight excluding hydrogens is 379 g/mol. The van der Waals surface area contributed by atoms with E-state index < -0.39 is 11.7 Å². The first-order valence-corrected chi connectivity index (χ1v) is 6.87. The third-order valence-corrected chi connectivity index (χ3v) is 3.32. The van der Waals surface area contributed by atoms with Gasteiger partial charge in [0.2, 0.25) is 0 Å². The first-order valence-electron chi connectivity index (χ1n) is 5.29. The number of nitrogen functional groups attached to an aromatic ring is 1. The molecular formula is C13H9Br2FN2O. The van der Waals surface area contributed by atoms with Gasteiger partial charge in [-0.05, 0) is 30.3 Å². The third kappa shape index (κ3) is 3.33. The summed E-state index contributed by atoms with van der Waals surface area (Å²) < 4.78 is 15.1. The number of halogens is 3. The minimum absolute atomic E-state index is 0.0106. The summed E-state index contributed by atoms with van der Waals surface area (Å²) in [6.07, 6.45) is 0. The number of nitrogens with one attached hydrogen (secondary N) is 1. The lowest BCUT2D eigenvalue weighted by molar-refractivity contribution is 0.102. The molecule has 3 N–H and O–H groups in total. The van der Waals surface area contributed by atoms with E-state index in [1.807, 2.05) is 0 Å². The van der Waals surface area contributed by atoms with Gasteiger partial charge in [-0.1, -0.05) is 37.9 Å². The number of carbonyl (C=O) groups excluding carboxylic acids is 1. The van der Waals surface area contributed by atoms with Gasteiger partial charge in [0, 0.05) is 14.5 Å². The van der Waals surface area contributed by atoms with Gasteiger partial charge in [0.05, 0.1) is 5.69 Å². The molecule has 0 aliphatic heterocycles. The number of hydrogen-bond donors (Lipinski definition) is 2. The van der Waals surface area contributed by atoms with E-state index in [0.717, 1.165) is 8.95 Å². The number of carbonyl (C=O) groups is 1. The van der Waals surface area contributed by atoms with Gasteiger partial charge >= 0.3 is 0 Å². The Morgan fingerprint density at radius 1 is 1.16 bits per heavy atom. The molecule has 6 heteroatoms. The van der Waals surface area contributed by atoms with Gasteiger partial charge < -0.3 is 11.1 Å². The van der Waals surface area contributed by atoms with Crippen LogP contribution in [0.5, 0.6) is 0 Å². The summed E-state index contributed by atoms with van der Waals surface area (Å²) in [6, 6.07) is 9.32. The highest BCUT2D eigenvalue weighted by atomic mass is 79.9. The fourth-order valence-electron chi connectivity index (χ4n) is 1.54. The molecule has 0 atom stereocenters. The van der Waals surface area contributed by atoms with Crippen LogP contribution in [0.3, 0.4) is 0 Å². The number of hydrogen-bond acceptors (Lipinski definition) is 2. The van der Waals surface area contributed by atoms with E-state index in [9.17, 15) is 9.18 Å². The highest BCUT2D eigenvalue weighted by molar-refractivity contribution is 9.11. The molecule has 0 saturated heterocycles. The van der Waals surface area contributed by atoms with Gasteiger partial charge in [-0.2, -0.15) is 0 Å². The van der Waals surface area contributed by atoms with Gasteiger partial charge in [0.15, 0.2) is 0 Å². The van der Waals surface area contributed by atoms with Gasteiger partial charge in [0.1, 0.15) is 11.5 Å². The van der Waals surface area contributed by atoms with Crippen LogP contribution < -0.4 is 11.1 Å². The van der Waals surface area contributed by atoms with E-state index in [1.165, 1.54) is 18.2 Å². The predicted octanol–water partition coefficient (Wildman–Crippen LogP) is 4.19. The quantitative estimate of drug-likeness (QED) is 0.759. The van der Waals surface area contributed by atoms with Crippen LogP contribution in [-0.2, 0) is 0 Å². The fraction of sp³-hybridized carbons (Fsp3) is 0. The summed E-state index contributed by atoms with van der Waals surface area (Å²) in [5.74, 6) is -0.999. The molecule has 1 amide bonds. The van der Waals surface area contributed by atoms with Crippen LogP contribution in [0.2, 0.25) is 0 Å². The topological polar surface area (TPSA) is 55.1 Å². The second-order valence-electron chi connectivity index (χ2n) is 3.82. The van der Waals surface area contributed by atoms with Gasteiger partial charge in [-0.15, -0.1) is 0 Å². The molecule has 19 heavy (non-hydrogen) atoms. The predicted molar refractivity (Wildman–Crippen MR) is 80.6 cm³/mol. The van der Waals surface area contributed by atoms with E-state index in [4.69, 9.17) is 5.73 Å². The molecule has 3 nitrogen and oxygen atoms in total. The van der Waals surface area contributed by atoms with Crippen molar-refractivity contribution >= 4 is 49.1 Å². The maximum Gasteiger partial charge on any atom is 0.255 e. The number of nitrogens with two attached hydrogens (primary N) is 1. The smallest absolute Gasteiger partial charge is 0.255 e. The fourth-order valence-corrected chi connectivity index (χ4v) is 2.84. The zero-order valence-electron chi connectivity index (χ0n) is 9.58. The lowest BCUT2D eigenvalue weighted by Gasteiger charge is -2.09. The van der Waals surface area contributed by atoms with Gasteiger partial charge in [-0.3, -0.25) is 4.79 Å². The SMILES string of the molecule is Nc1cccc(F)c1NC(=O)c1cc(Br)cc(Br)c1. The summed E-state index contributed by atoms with van der Waals surface area (Å²) in [5.41, 5.74) is 6.20. The van der Waals surface area contributed by atoms with Crippen LogP contribution in [0, 0.1) is 5.82 Å². The summed E-state index contributed by atoms with van der Waals surface area (Å²) in [7, 11) is 0. The summed E-state index contributed by atoms with van der Waals surface area (Å²) in [6.45, 7) is 0. The van der Waals surface area contributed by atoms with Crippen molar-refractivity contribution < 1.29 is 9.18 Å². The maximum absolute atomic E-state index is 13.6. The lowest BCUT2D eigenvalue weighted by atomic mass is 10.2. The zero-order chi connectivity index (χ0) is 14.0. The molecule has 2 aromatic carbocycles. The first kappa shape index (κ1) is 14.0. The molecule has 0 unspecified atom stereocenters. The Morgan fingerprint density at radius 2 is 1.79 bits per heavy atom. The molecule has 0 heterocycles. The molecule has 0 fully saturated rings. The van der Waals surface area contributed by atoms with Crippen molar-refractivity contribution in [1.82, 2.24) is 0 Å². The van der Waals surface area contributed by atoms with Crippen LogP contribution in [0.15, 0.2) is 45.3 Å². The van der Waals surface area contributed by atoms with Crippen molar-refractivity contribution in [1.29, 1.82) is 0 Å². The molecule has 0 saturated carbocycles. The van der Waals surface area contributed by atoms with E-state index in [2.05, 4.69) is 37.2 Å². The van der Waals surface area contributed by atoms with Crippen LogP contribution in [0.1, 0.15) is 10.4 Å². The van der Waals surface area contributed by atoms with Crippen molar-refractivity contribution in [3.8, 4) is 0 Å². The van der Waals surface area contributed by atoms with E-state index in [0.29, 0.717) is 5.56 Å². The second-order valence-corrected chi connectivity index (χ2v) is 5.65. The molecule has 0 aliphatic rings. The Balaban J connectivity index is 2.31. The number of anilines is 2. The Labute approximate surface area is 126 Å². The molecule has 2 aromatic rings. The van der Waals surface area contributed by atoms with Crippen molar-refractivity contribution in [3.63, 3.8) is 0 Å². The molecule has 0 spiro atoms. The molecule has 0 aliphatic carbocycles. The minimum Gasteiger partial charge on any atom is -0.397 e. The monoisotopic (exact) mass is 386 g/mol. The Hall–Kier alpha value is -1.40. The molecule has 98 valence electrons. The van der Waals surface area contributed by atoms with Crippen molar-refractivity contribution in [3.05, 3.63) is 56.7 Å². The van der Waals surface area contributed by atoms with Crippen molar-refractivity contribution in [2.45, 2.75) is 0 Å². The summed E-state index contributed by atoms with van der Waals surface area (Å²) in [4.78, 5) is 12.0.